The van der Waals surface area contributed by atoms with Crippen LogP contribution in [0.5, 0.6) is 0 Å². The Labute approximate surface area is 187 Å². The highest BCUT2D eigenvalue weighted by atomic mass is 32.1. The number of hydrogen-bond donors (Lipinski definition) is 2. The first-order valence-electron chi connectivity index (χ1n) is 10.4. The van der Waals surface area contributed by atoms with Crippen LogP contribution in [-0.2, 0) is 6.54 Å². The summed E-state index contributed by atoms with van der Waals surface area (Å²) >= 11 is 1.65. The van der Waals surface area contributed by atoms with Crippen LogP contribution in [0.2, 0.25) is 0 Å². The maximum atomic E-state index is 9.77. The van der Waals surface area contributed by atoms with Crippen LogP contribution in [0, 0.1) is 18.8 Å². The minimum absolute atomic E-state index is 0.164. The Morgan fingerprint density at radius 1 is 1.13 bits per heavy atom. The first kappa shape index (κ1) is 21.3. The average Bonchev–Trinajstić information content (AvgIpc) is 3.36. The molecular formula is C26H27N3OS. The van der Waals surface area contributed by atoms with Gasteiger partial charge in [-0.25, -0.2) is 4.68 Å². The van der Waals surface area contributed by atoms with Gasteiger partial charge in [-0.15, -0.1) is 11.3 Å². The van der Waals surface area contributed by atoms with Crippen molar-refractivity contribution in [3.05, 3.63) is 81.8 Å². The van der Waals surface area contributed by atoms with E-state index in [4.69, 9.17) is 5.10 Å². The van der Waals surface area contributed by atoms with Gasteiger partial charge in [0.15, 0.2) is 0 Å². The van der Waals surface area contributed by atoms with Crippen LogP contribution in [0.3, 0.4) is 0 Å². The second kappa shape index (κ2) is 8.68. The Balaban J connectivity index is 1.49. The zero-order valence-corrected chi connectivity index (χ0v) is 19.1. The number of fused-ring (bicyclic) bond motifs is 1. The number of nitrogens with zero attached hydrogens (tertiary/aromatic N) is 2. The smallest absolute Gasteiger partial charge is 0.120 e. The fourth-order valence-corrected chi connectivity index (χ4v) is 4.41. The molecule has 0 aliphatic heterocycles. The molecule has 2 heterocycles. The molecule has 0 saturated heterocycles. The highest BCUT2D eigenvalue weighted by Crippen LogP contribution is 2.26. The van der Waals surface area contributed by atoms with Crippen LogP contribution < -0.4 is 5.32 Å². The van der Waals surface area contributed by atoms with E-state index in [1.807, 2.05) is 16.9 Å². The average molecular weight is 430 g/mol. The van der Waals surface area contributed by atoms with Gasteiger partial charge >= 0.3 is 0 Å². The molecule has 2 aromatic carbocycles. The molecule has 2 aromatic heterocycles. The van der Waals surface area contributed by atoms with Crippen LogP contribution in [0.4, 0.5) is 0 Å². The maximum Gasteiger partial charge on any atom is 0.120 e. The van der Waals surface area contributed by atoms with Gasteiger partial charge in [0.25, 0.3) is 0 Å². The summed E-state index contributed by atoms with van der Waals surface area (Å²) in [5.41, 5.74) is 2.45. The molecule has 2 N–H and O–H groups in total. The third kappa shape index (κ3) is 4.88. The second-order valence-corrected chi connectivity index (χ2v) is 9.44. The second-order valence-electron chi connectivity index (χ2n) is 8.27. The number of rotatable bonds is 5. The van der Waals surface area contributed by atoms with Gasteiger partial charge in [0.05, 0.1) is 16.8 Å². The first-order valence-corrected chi connectivity index (χ1v) is 11.2. The van der Waals surface area contributed by atoms with E-state index in [-0.39, 0.29) is 6.04 Å². The molecule has 0 radical (unpaired) electrons. The molecule has 5 heteroatoms. The minimum atomic E-state index is -0.974. The van der Waals surface area contributed by atoms with Crippen molar-refractivity contribution in [2.75, 3.05) is 0 Å². The van der Waals surface area contributed by atoms with Gasteiger partial charge in [0.1, 0.15) is 5.60 Å². The highest BCUT2D eigenvalue weighted by molar-refractivity contribution is 7.12. The van der Waals surface area contributed by atoms with E-state index in [0.717, 1.165) is 22.8 Å². The number of aromatic nitrogens is 2. The van der Waals surface area contributed by atoms with Crippen molar-refractivity contribution >= 4 is 22.1 Å². The van der Waals surface area contributed by atoms with Crippen LogP contribution in [0.25, 0.3) is 16.5 Å². The van der Waals surface area contributed by atoms with Gasteiger partial charge in [0.2, 0.25) is 0 Å². The summed E-state index contributed by atoms with van der Waals surface area (Å²) in [6, 6.07) is 19.0. The summed E-state index contributed by atoms with van der Waals surface area (Å²) in [6.07, 6.45) is 1.96. The Kier molecular flexibility index (Phi) is 5.97. The third-order valence-corrected chi connectivity index (χ3v) is 6.25. The minimum Gasteiger partial charge on any atom is -0.378 e. The summed E-state index contributed by atoms with van der Waals surface area (Å²) < 4.78 is 2.03. The lowest BCUT2D eigenvalue weighted by molar-refractivity contribution is 0.143. The molecule has 0 spiro atoms. The zero-order valence-electron chi connectivity index (χ0n) is 18.3. The maximum absolute atomic E-state index is 9.77. The molecule has 0 aliphatic rings. The number of hydrogen-bond acceptors (Lipinski definition) is 4. The Hall–Kier alpha value is -2.91. The van der Waals surface area contributed by atoms with Crippen molar-refractivity contribution in [2.24, 2.45) is 0 Å². The van der Waals surface area contributed by atoms with Crippen molar-refractivity contribution in [2.45, 2.75) is 45.9 Å². The fourth-order valence-electron chi connectivity index (χ4n) is 3.60. The Bertz CT molecular complexity index is 1260. The molecule has 0 bridgehead atoms. The molecule has 0 aliphatic carbocycles. The van der Waals surface area contributed by atoms with E-state index in [9.17, 15) is 5.11 Å². The Morgan fingerprint density at radius 3 is 2.71 bits per heavy atom. The lowest BCUT2D eigenvalue weighted by atomic mass is 10.1. The topological polar surface area (TPSA) is 50.1 Å². The van der Waals surface area contributed by atoms with E-state index < -0.39 is 5.60 Å². The number of nitrogens with one attached hydrogen (secondary N) is 1. The van der Waals surface area contributed by atoms with Crippen LogP contribution >= 0.6 is 11.3 Å². The molecule has 4 rings (SSSR count). The van der Waals surface area contributed by atoms with Crippen molar-refractivity contribution in [3.8, 4) is 17.5 Å². The zero-order chi connectivity index (χ0) is 22.0. The molecule has 1 atom stereocenters. The lowest BCUT2D eigenvalue weighted by Gasteiger charge is -2.14. The summed E-state index contributed by atoms with van der Waals surface area (Å²) in [5.74, 6) is 5.91. The first-order chi connectivity index (χ1) is 14.8. The molecule has 4 nitrogen and oxygen atoms in total. The largest absolute Gasteiger partial charge is 0.378 e. The molecule has 158 valence electrons. The quantitative estimate of drug-likeness (QED) is 0.420. The normalized spacial score (nSPS) is 12.5. The summed E-state index contributed by atoms with van der Waals surface area (Å²) in [6.45, 7) is 8.43. The van der Waals surface area contributed by atoms with Gasteiger partial charge in [-0.1, -0.05) is 48.2 Å². The molecule has 4 aromatic rings. The summed E-state index contributed by atoms with van der Waals surface area (Å²) in [4.78, 5) is 2.18. The molecule has 31 heavy (non-hydrogen) atoms. The van der Waals surface area contributed by atoms with Crippen molar-refractivity contribution in [3.63, 3.8) is 0 Å². The van der Waals surface area contributed by atoms with E-state index >= 15 is 0 Å². The standard InChI is InChI=1S/C26H27N3OS/c1-18(27-16-22-13-12-21(31-22)14-15-26(3,4)30)24-17-28-29(19(24)2)25-11-7-9-20-8-5-6-10-23(20)25/h5-13,17-18,27,30H,16H2,1-4H3. The SMILES string of the molecule is Cc1c(C(C)NCc2ccc(C#CC(C)(C)O)s2)cnn1-c1cccc2ccccc12. The monoisotopic (exact) mass is 429 g/mol. The highest BCUT2D eigenvalue weighted by Gasteiger charge is 2.15. The fraction of sp³-hybridized carbons (Fsp3) is 0.269. The number of thiophene rings is 1. The van der Waals surface area contributed by atoms with Crippen molar-refractivity contribution < 1.29 is 5.11 Å². The van der Waals surface area contributed by atoms with E-state index in [1.165, 1.54) is 21.2 Å². The molecule has 0 fully saturated rings. The predicted molar refractivity (Wildman–Crippen MR) is 129 cm³/mol. The van der Waals surface area contributed by atoms with Crippen LogP contribution in [-0.4, -0.2) is 20.5 Å². The predicted octanol–water partition coefficient (Wildman–Crippen LogP) is 5.37. The summed E-state index contributed by atoms with van der Waals surface area (Å²) in [5, 5.41) is 20.5. The van der Waals surface area contributed by atoms with Gasteiger partial charge in [-0.2, -0.15) is 5.10 Å². The van der Waals surface area contributed by atoms with E-state index in [1.54, 1.807) is 25.2 Å². The van der Waals surface area contributed by atoms with Crippen LogP contribution in [0.1, 0.15) is 47.8 Å². The van der Waals surface area contributed by atoms with Gasteiger partial charge < -0.3 is 10.4 Å². The molecule has 0 saturated carbocycles. The molecular weight excluding hydrogens is 402 g/mol. The van der Waals surface area contributed by atoms with Gasteiger partial charge in [-0.05, 0) is 51.3 Å². The van der Waals surface area contributed by atoms with Crippen LogP contribution in [0.15, 0.2) is 60.8 Å². The number of benzene rings is 2. The lowest BCUT2D eigenvalue weighted by Crippen LogP contribution is -2.18. The van der Waals surface area contributed by atoms with Crippen molar-refractivity contribution in [1.82, 2.24) is 15.1 Å². The molecule has 1 unspecified atom stereocenters. The molecule has 0 amide bonds. The number of aliphatic hydroxyl groups is 1. The summed E-state index contributed by atoms with van der Waals surface area (Å²) in [7, 11) is 0. The van der Waals surface area contributed by atoms with Gasteiger partial charge in [0, 0.05) is 34.1 Å². The van der Waals surface area contributed by atoms with E-state index in [2.05, 4.69) is 79.5 Å². The Morgan fingerprint density at radius 2 is 1.90 bits per heavy atom. The van der Waals surface area contributed by atoms with E-state index in [0.29, 0.717) is 0 Å². The van der Waals surface area contributed by atoms with Gasteiger partial charge in [-0.3, -0.25) is 0 Å². The van der Waals surface area contributed by atoms with Crippen molar-refractivity contribution in [1.29, 1.82) is 0 Å². The third-order valence-electron chi connectivity index (χ3n) is 5.24.